The van der Waals surface area contributed by atoms with Gasteiger partial charge in [-0.1, -0.05) is 29.7 Å². The van der Waals surface area contributed by atoms with Gasteiger partial charge >= 0.3 is 6.18 Å². The van der Waals surface area contributed by atoms with Gasteiger partial charge in [-0.3, -0.25) is 0 Å². The first-order valence-corrected chi connectivity index (χ1v) is 3.38. The molecule has 1 rings (SSSR count). The summed E-state index contributed by atoms with van der Waals surface area (Å²) in [5.74, 6) is 0. The molecule has 0 aliphatic carbocycles. The van der Waals surface area contributed by atoms with Gasteiger partial charge in [0.05, 0.1) is 6.42 Å². The molecule has 0 N–H and O–H groups in total. The van der Waals surface area contributed by atoms with Crippen molar-refractivity contribution in [2.75, 3.05) is 0 Å². The summed E-state index contributed by atoms with van der Waals surface area (Å²) in [6, 6.07) is 5.67. The van der Waals surface area contributed by atoms with Crippen molar-refractivity contribution in [3.05, 3.63) is 29.8 Å². The second kappa shape index (κ2) is 3.21. The fraction of sp³-hybridized carbons (Fsp3) is 0.250. The van der Waals surface area contributed by atoms with E-state index in [0.717, 1.165) is 0 Å². The molecule has 0 bridgehead atoms. The number of benzene rings is 1. The molecule has 0 aliphatic heterocycles. The van der Waals surface area contributed by atoms with E-state index in [1.165, 1.54) is 24.3 Å². The predicted octanol–water partition coefficient (Wildman–Crippen LogP) is 1.59. The van der Waals surface area contributed by atoms with Crippen LogP contribution in [0.25, 0.3) is 0 Å². The molecule has 1 aromatic carbocycles. The lowest BCUT2D eigenvalue weighted by molar-refractivity contribution is -0.127. The molecule has 0 nitrogen and oxygen atoms in total. The fourth-order valence-electron chi connectivity index (χ4n) is 0.867. The Balaban J connectivity index is 2.71. The standard InChI is InChI=1S/C8H6BF3/c9-7-3-1-6(2-4-7)5-8(10,11)12/h1-4H,5H2. The van der Waals surface area contributed by atoms with Crippen LogP contribution in [0.1, 0.15) is 5.56 Å². The normalized spacial score (nSPS) is 11.6. The lowest BCUT2D eigenvalue weighted by Gasteiger charge is -2.05. The van der Waals surface area contributed by atoms with Crippen LogP contribution >= 0.6 is 0 Å². The summed E-state index contributed by atoms with van der Waals surface area (Å²) < 4.78 is 35.4. The van der Waals surface area contributed by atoms with Crippen LogP contribution < -0.4 is 5.46 Å². The summed E-state index contributed by atoms with van der Waals surface area (Å²) in [4.78, 5) is 0. The van der Waals surface area contributed by atoms with Crippen molar-refractivity contribution in [3.8, 4) is 0 Å². The van der Waals surface area contributed by atoms with Crippen molar-refractivity contribution in [1.29, 1.82) is 0 Å². The Labute approximate surface area is 69.8 Å². The van der Waals surface area contributed by atoms with Crippen LogP contribution in [0, 0.1) is 0 Å². The van der Waals surface area contributed by atoms with Gasteiger partial charge in [0, 0.05) is 0 Å². The molecule has 0 aromatic heterocycles. The third kappa shape index (κ3) is 2.99. The first kappa shape index (κ1) is 9.17. The van der Waals surface area contributed by atoms with Crippen LogP contribution in [0.15, 0.2) is 24.3 Å². The van der Waals surface area contributed by atoms with Gasteiger partial charge in [-0.05, 0) is 5.56 Å². The molecule has 4 heteroatoms. The van der Waals surface area contributed by atoms with E-state index in [0.29, 0.717) is 5.46 Å². The molecular formula is C8H6BF3. The number of alkyl halides is 3. The molecule has 0 heterocycles. The Kier molecular flexibility index (Phi) is 2.45. The molecule has 0 amide bonds. The monoisotopic (exact) mass is 170 g/mol. The number of rotatable bonds is 1. The maximum atomic E-state index is 11.8. The summed E-state index contributed by atoms with van der Waals surface area (Å²) in [6.07, 6.45) is -5.04. The zero-order valence-electron chi connectivity index (χ0n) is 6.23. The summed E-state index contributed by atoms with van der Waals surface area (Å²) in [7, 11) is 5.31. The summed E-state index contributed by atoms with van der Waals surface area (Å²) >= 11 is 0. The van der Waals surface area contributed by atoms with Crippen molar-refractivity contribution in [2.45, 2.75) is 12.6 Å². The molecule has 62 valence electrons. The third-order valence-corrected chi connectivity index (χ3v) is 1.38. The molecule has 0 saturated heterocycles. The molecule has 0 atom stereocenters. The highest BCUT2D eigenvalue weighted by atomic mass is 19.4. The number of hydrogen-bond donors (Lipinski definition) is 0. The van der Waals surface area contributed by atoms with Gasteiger partial charge < -0.3 is 0 Å². The Hall–Kier alpha value is -0.925. The smallest absolute Gasteiger partial charge is 0.171 e. The SMILES string of the molecule is [B]c1ccc(CC(F)(F)F)cc1. The maximum absolute atomic E-state index is 11.8. The third-order valence-electron chi connectivity index (χ3n) is 1.38. The molecule has 0 aliphatic rings. The van der Waals surface area contributed by atoms with Crippen LogP contribution in [-0.2, 0) is 6.42 Å². The van der Waals surface area contributed by atoms with Crippen LogP contribution in [0.3, 0.4) is 0 Å². The molecule has 12 heavy (non-hydrogen) atoms. The van der Waals surface area contributed by atoms with Crippen molar-refractivity contribution in [3.63, 3.8) is 0 Å². The summed E-state index contributed by atoms with van der Waals surface area (Å²) in [5.41, 5.74) is 0.706. The Morgan fingerprint density at radius 2 is 1.58 bits per heavy atom. The van der Waals surface area contributed by atoms with Crippen molar-refractivity contribution < 1.29 is 13.2 Å². The lowest BCUT2D eigenvalue weighted by Crippen LogP contribution is -2.12. The molecule has 1 aromatic rings. The first-order valence-electron chi connectivity index (χ1n) is 3.38. The summed E-state index contributed by atoms with van der Waals surface area (Å²) in [6.45, 7) is 0. The van der Waals surface area contributed by atoms with E-state index in [4.69, 9.17) is 7.85 Å². The lowest BCUT2D eigenvalue weighted by atomic mass is 9.95. The molecule has 0 spiro atoms. The van der Waals surface area contributed by atoms with Gasteiger partial charge in [0.15, 0.2) is 0 Å². The van der Waals surface area contributed by atoms with E-state index in [2.05, 4.69) is 0 Å². The highest BCUT2D eigenvalue weighted by Gasteiger charge is 2.27. The molecule has 0 saturated carbocycles. The van der Waals surface area contributed by atoms with Crippen molar-refractivity contribution >= 4 is 13.3 Å². The van der Waals surface area contributed by atoms with E-state index in [1.807, 2.05) is 0 Å². The van der Waals surface area contributed by atoms with Crippen molar-refractivity contribution in [1.82, 2.24) is 0 Å². The minimum atomic E-state index is -4.14. The average molecular weight is 170 g/mol. The van der Waals surface area contributed by atoms with E-state index in [-0.39, 0.29) is 5.56 Å². The highest BCUT2D eigenvalue weighted by Crippen LogP contribution is 2.20. The van der Waals surface area contributed by atoms with Gasteiger partial charge in [0.1, 0.15) is 7.85 Å². The van der Waals surface area contributed by atoms with Gasteiger partial charge in [0.25, 0.3) is 0 Å². The van der Waals surface area contributed by atoms with E-state index in [9.17, 15) is 13.2 Å². The fourth-order valence-corrected chi connectivity index (χ4v) is 0.867. The number of halogens is 3. The first-order chi connectivity index (χ1) is 5.47. The van der Waals surface area contributed by atoms with Gasteiger partial charge in [-0.2, -0.15) is 13.2 Å². The summed E-state index contributed by atoms with van der Waals surface area (Å²) in [5, 5.41) is 0. The Morgan fingerprint density at radius 3 is 2.00 bits per heavy atom. The zero-order chi connectivity index (χ0) is 9.19. The molecule has 2 radical (unpaired) electrons. The Morgan fingerprint density at radius 1 is 1.08 bits per heavy atom. The predicted molar refractivity (Wildman–Crippen MR) is 41.6 cm³/mol. The van der Waals surface area contributed by atoms with Crippen LogP contribution in [0.4, 0.5) is 13.2 Å². The molecular weight excluding hydrogens is 164 g/mol. The minimum Gasteiger partial charge on any atom is -0.171 e. The van der Waals surface area contributed by atoms with Gasteiger partial charge in [0.2, 0.25) is 0 Å². The van der Waals surface area contributed by atoms with Crippen LogP contribution in [0.5, 0.6) is 0 Å². The largest absolute Gasteiger partial charge is 0.393 e. The minimum absolute atomic E-state index is 0.233. The van der Waals surface area contributed by atoms with Gasteiger partial charge in [-0.25, -0.2) is 0 Å². The Bertz CT molecular complexity index is 250. The second-order valence-electron chi connectivity index (χ2n) is 2.53. The topological polar surface area (TPSA) is 0 Å². The van der Waals surface area contributed by atoms with Crippen LogP contribution in [0.2, 0.25) is 0 Å². The number of hydrogen-bond acceptors (Lipinski definition) is 0. The van der Waals surface area contributed by atoms with E-state index >= 15 is 0 Å². The molecule has 0 unspecified atom stereocenters. The van der Waals surface area contributed by atoms with Crippen LogP contribution in [-0.4, -0.2) is 14.0 Å². The highest BCUT2D eigenvalue weighted by molar-refractivity contribution is 6.32. The zero-order valence-corrected chi connectivity index (χ0v) is 6.23. The van der Waals surface area contributed by atoms with Crippen molar-refractivity contribution in [2.24, 2.45) is 0 Å². The average Bonchev–Trinajstić information content (AvgIpc) is 1.91. The quantitative estimate of drug-likeness (QED) is 0.561. The van der Waals surface area contributed by atoms with Gasteiger partial charge in [-0.15, -0.1) is 0 Å². The van der Waals surface area contributed by atoms with E-state index < -0.39 is 12.6 Å². The van der Waals surface area contributed by atoms with E-state index in [1.54, 1.807) is 0 Å². The molecule has 0 fully saturated rings. The maximum Gasteiger partial charge on any atom is 0.393 e. The second-order valence-corrected chi connectivity index (χ2v) is 2.53.